The zero-order chi connectivity index (χ0) is 21.3. The molecule has 0 atom stereocenters. The molecule has 1 aromatic rings. The third-order valence-electron chi connectivity index (χ3n) is 4.27. The van der Waals surface area contributed by atoms with Gasteiger partial charge in [-0.25, -0.2) is 9.59 Å². The highest BCUT2D eigenvalue weighted by atomic mass is 16.6. The van der Waals surface area contributed by atoms with Gasteiger partial charge in [-0.1, -0.05) is 6.92 Å². The molecule has 1 aromatic heterocycles. The van der Waals surface area contributed by atoms with Crippen LogP contribution in [0.3, 0.4) is 0 Å². The quantitative estimate of drug-likeness (QED) is 0.759. The van der Waals surface area contributed by atoms with Gasteiger partial charge >= 0.3 is 12.2 Å². The van der Waals surface area contributed by atoms with Crippen LogP contribution in [0.1, 0.15) is 66.1 Å². The van der Waals surface area contributed by atoms with Crippen molar-refractivity contribution in [3.63, 3.8) is 0 Å². The molecule has 1 aliphatic heterocycles. The standard InChI is InChI=1S/C20H34N4O4/c1-9-14-15-13-23(18(26)28-20(5,6)7)11-10-12-24(15)21-16(14)22(8)17(25)27-19(2,3)4/h9-13H2,1-8H3. The minimum absolute atomic E-state index is 0.328. The molecule has 2 rings (SSSR count). The first-order chi connectivity index (χ1) is 12.8. The van der Waals surface area contributed by atoms with Crippen LogP contribution < -0.4 is 4.90 Å². The molecule has 0 aliphatic carbocycles. The molecule has 1 aliphatic rings. The minimum atomic E-state index is -0.581. The van der Waals surface area contributed by atoms with Crippen molar-refractivity contribution < 1.29 is 19.1 Å². The van der Waals surface area contributed by atoms with E-state index in [1.165, 1.54) is 4.90 Å². The number of ether oxygens (including phenoxy) is 2. The maximum atomic E-state index is 12.6. The Bertz CT molecular complexity index is 728. The first kappa shape index (κ1) is 22.0. The number of rotatable bonds is 2. The molecule has 2 heterocycles. The van der Waals surface area contributed by atoms with E-state index >= 15 is 0 Å². The predicted octanol–water partition coefficient (Wildman–Crippen LogP) is 3.96. The SMILES string of the molecule is CCc1c(N(C)C(=O)OC(C)(C)C)nn2c1CN(C(=O)OC(C)(C)C)CCC2. The summed E-state index contributed by atoms with van der Waals surface area (Å²) < 4.78 is 12.9. The number of hydrogen-bond acceptors (Lipinski definition) is 5. The molecule has 0 N–H and O–H groups in total. The van der Waals surface area contributed by atoms with Crippen LogP contribution in [0.2, 0.25) is 0 Å². The van der Waals surface area contributed by atoms with Gasteiger partial charge in [-0.15, -0.1) is 0 Å². The van der Waals surface area contributed by atoms with E-state index in [9.17, 15) is 9.59 Å². The molecule has 28 heavy (non-hydrogen) atoms. The summed E-state index contributed by atoms with van der Waals surface area (Å²) in [7, 11) is 1.67. The number of amides is 2. The van der Waals surface area contributed by atoms with Crippen molar-refractivity contribution in [3.05, 3.63) is 11.3 Å². The number of anilines is 1. The van der Waals surface area contributed by atoms with E-state index in [0.29, 0.717) is 31.9 Å². The van der Waals surface area contributed by atoms with Crippen molar-refractivity contribution >= 4 is 18.0 Å². The highest BCUT2D eigenvalue weighted by Gasteiger charge is 2.30. The summed E-state index contributed by atoms with van der Waals surface area (Å²) in [6.07, 6.45) is 0.692. The molecule has 0 spiro atoms. The van der Waals surface area contributed by atoms with Gasteiger partial charge < -0.3 is 14.4 Å². The van der Waals surface area contributed by atoms with Crippen LogP contribution in [0.4, 0.5) is 15.4 Å². The molecular formula is C20H34N4O4. The fourth-order valence-electron chi connectivity index (χ4n) is 3.08. The van der Waals surface area contributed by atoms with Gasteiger partial charge in [0.1, 0.15) is 11.2 Å². The zero-order valence-corrected chi connectivity index (χ0v) is 18.5. The van der Waals surface area contributed by atoms with Crippen molar-refractivity contribution in [1.29, 1.82) is 0 Å². The lowest BCUT2D eigenvalue weighted by molar-refractivity contribution is 0.0236. The van der Waals surface area contributed by atoms with Gasteiger partial charge in [0.25, 0.3) is 0 Å². The second-order valence-corrected chi connectivity index (χ2v) is 9.12. The van der Waals surface area contributed by atoms with Gasteiger partial charge in [0, 0.05) is 25.7 Å². The summed E-state index contributed by atoms with van der Waals surface area (Å²) in [5.41, 5.74) is 0.765. The van der Waals surface area contributed by atoms with Gasteiger partial charge in [0.15, 0.2) is 5.82 Å². The van der Waals surface area contributed by atoms with Crippen LogP contribution >= 0.6 is 0 Å². The monoisotopic (exact) mass is 394 g/mol. The summed E-state index contributed by atoms with van der Waals surface area (Å²) in [6.45, 7) is 14.8. The fourth-order valence-corrected chi connectivity index (χ4v) is 3.08. The van der Waals surface area contributed by atoms with Crippen LogP contribution in [0.5, 0.6) is 0 Å². The van der Waals surface area contributed by atoms with Gasteiger partial charge in [0.2, 0.25) is 0 Å². The molecule has 8 heteroatoms. The van der Waals surface area contributed by atoms with Crippen molar-refractivity contribution in [3.8, 4) is 0 Å². The Balaban J connectivity index is 2.30. The number of aryl methyl sites for hydroxylation is 1. The lowest BCUT2D eigenvalue weighted by atomic mass is 10.1. The number of carbonyl (C=O) groups excluding carboxylic acids is 2. The van der Waals surface area contributed by atoms with Gasteiger partial charge in [-0.3, -0.25) is 9.58 Å². The molecule has 0 saturated carbocycles. The van der Waals surface area contributed by atoms with E-state index in [1.54, 1.807) is 11.9 Å². The summed E-state index contributed by atoms with van der Waals surface area (Å²) in [6, 6.07) is 0. The summed E-state index contributed by atoms with van der Waals surface area (Å²) in [5.74, 6) is 0.581. The maximum Gasteiger partial charge on any atom is 0.415 e. The highest BCUT2D eigenvalue weighted by Crippen LogP contribution is 2.28. The first-order valence-corrected chi connectivity index (χ1v) is 9.85. The molecule has 0 unspecified atom stereocenters. The topological polar surface area (TPSA) is 76.9 Å². The van der Waals surface area contributed by atoms with E-state index < -0.39 is 17.3 Å². The second-order valence-electron chi connectivity index (χ2n) is 9.12. The largest absolute Gasteiger partial charge is 0.444 e. The van der Waals surface area contributed by atoms with E-state index in [1.807, 2.05) is 53.1 Å². The van der Waals surface area contributed by atoms with Gasteiger partial charge in [-0.05, 0) is 54.4 Å². The minimum Gasteiger partial charge on any atom is -0.444 e. The summed E-state index contributed by atoms with van der Waals surface area (Å²) in [4.78, 5) is 28.2. The van der Waals surface area contributed by atoms with Crippen LogP contribution in [0.25, 0.3) is 0 Å². The highest BCUT2D eigenvalue weighted by molar-refractivity contribution is 5.87. The third kappa shape index (κ3) is 5.39. The molecule has 0 bridgehead atoms. The molecule has 0 radical (unpaired) electrons. The number of nitrogens with zero attached hydrogens (tertiary/aromatic N) is 4. The van der Waals surface area contributed by atoms with Crippen molar-refractivity contribution in [2.45, 2.75) is 85.6 Å². The molecule has 2 amide bonds. The Morgan fingerprint density at radius 3 is 2.21 bits per heavy atom. The second kappa shape index (κ2) is 8.01. The Morgan fingerprint density at radius 2 is 1.68 bits per heavy atom. The Labute approximate surface area is 167 Å². The Hall–Kier alpha value is -2.25. The lowest BCUT2D eigenvalue weighted by Crippen LogP contribution is -2.37. The zero-order valence-electron chi connectivity index (χ0n) is 18.5. The van der Waals surface area contributed by atoms with Gasteiger partial charge in [-0.2, -0.15) is 5.10 Å². The predicted molar refractivity (Wildman–Crippen MR) is 108 cm³/mol. The summed E-state index contributed by atoms with van der Waals surface area (Å²) in [5, 5.41) is 4.66. The smallest absolute Gasteiger partial charge is 0.415 e. The lowest BCUT2D eigenvalue weighted by Gasteiger charge is -2.26. The van der Waals surface area contributed by atoms with Crippen molar-refractivity contribution in [2.24, 2.45) is 0 Å². The van der Waals surface area contributed by atoms with Crippen LogP contribution in [-0.4, -0.2) is 51.7 Å². The maximum absolute atomic E-state index is 12.6. The third-order valence-corrected chi connectivity index (χ3v) is 4.27. The molecule has 0 saturated heterocycles. The fraction of sp³-hybridized carbons (Fsp3) is 0.750. The first-order valence-electron chi connectivity index (χ1n) is 9.85. The Morgan fingerprint density at radius 1 is 1.07 bits per heavy atom. The number of hydrogen-bond donors (Lipinski definition) is 0. The average Bonchev–Trinajstić information content (AvgIpc) is 2.73. The normalized spacial score (nSPS) is 14.9. The average molecular weight is 395 g/mol. The van der Waals surface area contributed by atoms with Crippen molar-refractivity contribution in [1.82, 2.24) is 14.7 Å². The van der Waals surface area contributed by atoms with E-state index in [-0.39, 0.29) is 6.09 Å². The summed E-state index contributed by atoms with van der Waals surface area (Å²) >= 11 is 0. The number of carbonyl (C=O) groups is 2. The van der Waals surface area contributed by atoms with E-state index in [4.69, 9.17) is 9.47 Å². The van der Waals surface area contributed by atoms with Crippen LogP contribution in [0, 0.1) is 0 Å². The molecule has 8 nitrogen and oxygen atoms in total. The number of aromatic nitrogens is 2. The van der Waals surface area contributed by atoms with E-state index in [2.05, 4.69) is 5.10 Å². The molecule has 0 fully saturated rings. The van der Waals surface area contributed by atoms with E-state index in [0.717, 1.165) is 17.7 Å². The number of fused-ring (bicyclic) bond motifs is 1. The Kier molecular flexibility index (Phi) is 6.31. The molecule has 158 valence electrons. The van der Waals surface area contributed by atoms with Crippen LogP contribution in [0.15, 0.2) is 0 Å². The van der Waals surface area contributed by atoms with Crippen molar-refractivity contribution in [2.75, 3.05) is 18.5 Å². The molecular weight excluding hydrogens is 360 g/mol. The molecule has 0 aromatic carbocycles. The van der Waals surface area contributed by atoms with Crippen LogP contribution in [-0.2, 0) is 29.0 Å². The van der Waals surface area contributed by atoms with Gasteiger partial charge in [0.05, 0.1) is 12.2 Å².